The molecule has 0 aromatic heterocycles. The second kappa shape index (κ2) is 7.41. The van der Waals surface area contributed by atoms with Crippen LogP contribution in [0.3, 0.4) is 0 Å². The van der Waals surface area contributed by atoms with Crippen molar-refractivity contribution in [1.82, 2.24) is 4.90 Å². The number of morpholine rings is 1. The normalized spacial score (nSPS) is 19.8. The lowest BCUT2D eigenvalue weighted by Crippen LogP contribution is -2.42. The maximum atomic E-state index is 10.9. The van der Waals surface area contributed by atoms with E-state index in [1.54, 1.807) is 6.92 Å². The first-order chi connectivity index (χ1) is 9.63. The van der Waals surface area contributed by atoms with E-state index in [0.29, 0.717) is 13.0 Å². The van der Waals surface area contributed by atoms with Gasteiger partial charge in [-0.25, -0.2) is 0 Å². The van der Waals surface area contributed by atoms with Gasteiger partial charge in [-0.1, -0.05) is 12.1 Å². The molecule has 0 spiro atoms. The van der Waals surface area contributed by atoms with E-state index in [9.17, 15) is 4.79 Å². The van der Waals surface area contributed by atoms with Crippen LogP contribution in [0.2, 0.25) is 0 Å². The number of ether oxygens (including phenoxy) is 2. The molecule has 1 saturated heterocycles. The molecule has 0 saturated carbocycles. The Morgan fingerprint density at radius 3 is 2.80 bits per heavy atom. The molecule has 1 fully saturated rings. The second-order valence-corrected chi connectivity index (χ2v) is 5.41. The molecule has 0 N–H and O–H groups in total. The first-order valence-electron chi connectivity index (χ1n) is 7.15. The van der Waals surface area contributed by atoms with Gasteiger partial charge < -0.3 is 19.2 Å². The van der Waals surface area contributed by atoms with Crippen molar-refractivity contribution in [3.63, 3.8) is 0 Å². The highest BCUT2D eigenvalue weighted by Gasteiger charge is 2.18. The molecule has 0 amide bonds. The van der Waals surface area contributed by atoms with Crippen molar-refractivity contribution >= 4 is 5.78 Å². The highest BCUT2D eigenvalue weighted by atomic mass is 16.5. The Morgan fingerprint density at radius 1 is 1.40 bits per heavy atom. The highest BCUT2D eigenvalue weighted by molar-refractivity contribution is 5.75. The van der Waals surface area contributed by atoms with Gasteiger partial charge >= 0.3 is 0 Å². The fourth-order valence-corrected chi connectivity index (χ4v) is 2.23. The van der Waals surface area contributed by atoms with Gasteiger partial charge in [0.1, 0.15) is 24.2 Å². The average molecular weight is 277 g/mol. The van der Waals surface area contributed by atoms with Crippen molar-refractivity contribution < 1.29 is 14.3 Å². The van der Waals surface area contributed by atoms with Crippen LogP contribution in [0.5, 0.6) is 5.75 Å². The Hall–Kier alpha value is -1.39. The van der Waals surface area contributed by atoms with Gasteiger partial charge in [0.05, 0.1) is 6.61 Å². The lowest BCUT2D eigenvalue weighted by atomic mass is 10.1. The van der Waals surface area contributed by atoms with E-state index >= 15 is 0 Å². The second-order valence-electron chi connectivity index (χ2n) is 5.41. The van der Waals surface area contributed by atoms with Gasteiger partial charge in [0.2, 0.25) is 0 Å². The number of hydrogen-bond donors (Lipinski definition) is 0. The molecule has 1 aromatic carbocycles. The molecular weight excluding hydrogens is 254 g/mol. The van der Waals surface area contributed by atoms with E-state index in [4.69, 9.17) is 9.47 Å². The Bertz CT molecular complexity index is 430. The Kier molecular flexibility index (Phi) is 5.56. The van der Waals surface area contributed by atoms with E-state index in [-0.39, 0.29) is 11.9 Å². The van der Waals surface area contributed by atoms with Crippen LogP contribution in [0, 0.1) is 0 Å². The van der Waals surface area contributed by atoms with Crippen LogP contribution in [-0.4, -0.2) is 50.1 Å². The molecule has 1 atom stereocenters. The minimum atomic E-state index is 0.145. The minimum absolute atomic E-state index is 0.145. The summed E-state index contributed by atoms with van der Waals surface area (Å²) in [5, 5.41) is 0. The molecule has 4 heteroatoms. The van der Waals surface area contributed by atoms with Gasteiger partial charge in [-0.15, -0.1) is 0 Å². The van der Waals surface area contributed by atoms with Crippen molar-refractivity contribution in [2.75, 3.05) is 33.4 Å². The lowest BCUT2D eigenvalue weighted by Gasteiger charge is -2.29. The van der Waals surface area contributed by atoms with Crippen molar-refractivity contribution in [3.8, 4) is 5.75 Å². The van der Waals surface area contributed by atoms with Gasteiger partial charge in [-0.3, -0.25) is 0 Å². The Morgan fingerprint density at radius 2 is 2.15 bits per heavy atom. The third-order valence-corrected chi connectivity index (χ3v) is 3.47. The van der Waals surface area contributed by atoms with Crippen molar-refractivity contribution in [2.45, 2.75) is 25.9 Å². The smallest absolute Gasteiger partial charge is 0.130 e. The molecule has 0 radical (unpaired) electrons. The summed E-state index contributed by atoms with van der Waals surface area (Å²) in [7, 11) is 2.10. The summed E-state index contributed by atoms with van der Waals surface area (Å²) >= 11 is 0. The summed E-state index contributed by atoms with van der Waals surface area (Å²) < 4.78 is 11.4. The number of rotatable bonds is 6. The molecule has 0 bridgehead atoms. The zero-order chi connectivity index (χ0) is 14.4. The third-order valence-electron chi connectivity index (χ3n) is 3.47. The van der Waals surface area contributed by atoms with E-state index in [2.05, 4.69) is 11.9 Å². The summed E-state index contributed by atoms with van der Waals surface area (Å²) in [6.07, 6.45) is 1.54. The number of hydrogen-bond acceptors (Lipinski definition) is 4. The Labute approximate surface area is 120 Å². The molecule has 1 heterocycles. The summed E-state index contributed by atoms with van der Waals surface area (Å²) in [4.78, 5) is 13.2. The van der Waals surface area contributed by atoms with Crippen LogP contribution in [0.25, 0.3) is 0 Å². The van der Waals surface area contributed by atoms with Gasteiger partial charge in [0.25, 0.3) is 0 Å². The predicted molar refractivity (Wildman–Crippen MR) is 78.2 cm³/mol. The number of nitrogens with zero attached hydrogens (tertiary/aromatic N) is 1. The van der Waals surface area contributed by atoms with Crippen LogP contribution in [0.1, 0.15) is 18.9 Å². The van der Waals surface area contributed by atoms with E-state index in [1.807, 2.05) is 24.3 Å². The molecule has 0 aliphatic carbocycles. The first-order valence-corrected chi connectivity index (χ1v) is 7.15. The molecular formula is C16H23NO3. The van der Waals surface area contributed by atoms with Crippen molar-refractivity contribution in [3.05, 3.63) is 29.8 Å². The average Bonchev–Trinajstić information content (AvgIpc) is 2.44. The number of Topliss-reactive ketones (excluding diaryl/α,β-unsaturated/α-hetero) is 1. The SMILES string of the molecule is CC(=O)CCc1ccc(OCC2CN(C)CCO2)cc1. The quantitative estimate of drug-likeness (QED) is 0.796. The zero-order valence-electron chi connectivity index (χ0n) is 12.3. The van der Waals surface area contributed by atoms with Gasteiger partial charge in [0, 0.05) is 19.5 Å². The summed E-state index contributed by atoms with van der Waals surface area (Å²) in [6, 6.07) is 7.96. The predicted octanol–water partition coefficient (Wildman–Crippen LogP) is 1.92. The standard InChI is InChI=1S/C16H23NO3/c1-13(18)3-4-14-5-7-15(8-6-14)20-12-16-11-17(2)9-10-19-16/h5-8,16H,3-4,9-12H2,1-2H3. The van der Waals surface area contributed by atoms with Gasteiger partial charge in [0.15, 0.2) is 0 Å². The largest absolute Gasteiger partial charge is 0.491 e. The highest BCUT2D eigenvalue weighted by Crippen LogP contribution is 2.15. The monoisotopic (exact) mass is 277 g/mol. The molecule has 1 aromatic rings. The maximum Gasteiger partial charge on any atom is 0.130 e. The third kappa shape index (κ3) is 4.94. The molecule has 4 nitrogen and oxygen atoms in total. The van der Waals surface area contributed by atoms with E-state index in [0.717, 1.165) is 31.9 Å². The first kappa shape index (κ1) is 15.0. The van der Waals surface area contributed by atoms with E-state index in [1.165, 1.54) is 5.56 Å². The van der Waals surface area contributed by atoms with E-state index < -0.39 is 0 Å². The molecule has 1 aliphatic rings. The molecule has 2 rings (SSSR count). The van der Waals surface area contributed by atoms with Crippen molar-refractivity contribution in [2.24, 2.45) is 0 Å². The summed E-state index contributed by atoms with van der Waals surface area (Å²) in [5.74, 6) is 1.08. The number of carbonyl (C=O) groups is 1. The Balaban J connectivity index is 1.77. The zero-order valence-corrected chi connectivity index (χ0v) is 12.3. The number of aryl methyl sites for hydroxylation is 1. The van der Waals surface area contributed by atoms with Gasteiger partial charge in [-0.2, -0.15) is 0 Å². The van der Waals surface area contributed by atoms with Crippen LogP contribution < -0.4 is 4.74 Å². The van der Waals surface area contributed by atoms with Crippen LogP contribution in [-0.2, 0) is 16.0 Å². The number of likely N-dealkylation sites (N-methyl/N-ethyl adjacent to an activating group) is 1. The van der Waals surface area contributed by atoms with Gasteiger partial charge in [-0.05, 0) is 38.1 Å². The molecule has 1 aliphatic heterocycles. The number of benzene rings is 1. The molecule has 20 heavy (non-hydrogen) atoms. The van der Waals surface area contributed by atoms with Crippen molar-refractivity contribution in [1.29, 1.82) is 0 Å². The summed E-state index contributed by atoms with van der Waals surface area (Å²) in [5.41, 5.74) is 1.17. The fraction of sp³-hybridized carbons (Fsp3) is 0.562. The summed E-state index contributed by atoms with van der Waals surface area (Å²) in [6.45, 7) is 4.88. The molecule has 110 valence electrons. The molecule has 1 unspecified atom stereocenters. The topological polar surface area (TPSA) is 38.8 Å². The van der Waals surface area contributed by atoms with Crippen LogP contribution >= 0.6 is 0 Å². The number of carbonyl (C=O) groups excluding carboxylic acids is 1. The van der Waals surface area contributed by atoms with Crippen LogP contribution in [0.4, 0.5) is 0 Å². The van der Waals surface area contributed by atoms with Crippen LogP contribution in [0.15, 0.2) is 24.3 Å². The maximum absolute atomic E-state index is 10.9. The fourth-order valence-electron chi connectivity index (χ4n) is 2.23. The minimum Gasteiger partial charge on any atom is -0.491 e. The lowest BCUT2D eigenvalue weighted by molar-refractivity contribution is -0.116. The number of ketones is 1.